The van der Waals surface area contributed by atoms with Crippen LogP contribution in [-0.4, -0.2) is 11.7 Å². The van der Waals surface area contributed by atoms with Gasteiger partial charge in [-0.2, -0.15) is 0 Å². The van der Waals surface area contributed by atoms with Crippen LogP contribution < -0.4 is 5.73 Å². The summed E-state index contributed by atoms with van der Waals surface area (Å²) in [6, 6.07) is 8.60. The summed E-state index contributed by atoms with van der Waals surface area (Å²) in [5.74, 6) is 0.533. The fourth-order valence-electron chi connectivity index (χ4n) is 2.72. The molecule has 1 aromatic carbocycles. The van der Waals surface area contributed by atoms with E-state index in [1.807, 2.05) is 0 Å². The Bertz CT molecular complexity index is 375. The van der Waals surface area contributed by atoms with Crippen molar-refractivity contribution >= 4 is 0 Å². The highest BCUT2D eigenvalue weighted by atomic mass is 19.1. The van der Waals surface area contributed by atoms with Gasteiger partial charge in [-0.05, 0) is 42.7 Å². The predicted molar refractivity (Wildman–Crippen MR) is 74.5 cm³/mol. The largest absolute Gasteiger partial charge is 0.328 e. The van der Waals surface area contributed by atoms with Crippen LogP contribution in [0.25, 0.3) is 0 Å². The van der Waals surface area contributed by atoms with Crippen LogP contribution in [0, 0.1) is 0 Å². The summed E-state index contributed by atoms with van der Waals surface area (Å²) < 4.78 is 14.6. The van der Waals surface area contributed by atoms with Crippen LogP contribution in [0.1, 0.15) is 56.6 Å². The molecule has 100 valence electrons. The molecule has 0 amide bonds. The lowest BCUT2D eigenvalue weighted by atomic mass is 9.80. The van der Waals surface area contributed by atoms with Crippen molar-refractivity contribution in [1.82, 2.24) is 0 Å². The molecule has 2 N–H and O–H groups in total. The SMILES string of the molecule is CC(C)c1ccc(CC2(F)CCC(N)CC2)cc1. The van der Waals surface area contributed by atoms with Crippen molar-refractivity contribution < 1.29 is 4.39 Å². The van der Waals surface area contributed by atoms with Gasteiger partial charge in [0.2, 0.25) is 0 Å². The fraction of sp³-hybridized carbons (Fsp3) is 0.625. The predicted octanol–water partition coefficient (Wildman–Crippen LogP) is 3.96. The monoisotopic (exact) mass is 249 g/mol. The van der Waals surface area contributed by atoms with Gasteiger partial charge < -0.3 is 5.73 Å². The molecule has 1 aromatic rings. The number of benzene rings is 1. The molecule has 0 radical (unpaired) electrons. The van der Waals surface area contributed by atoms with Crippen molar-refractivity contribution in [2.24, 2.45) is 5.73 Å². The highest BCUT2D eigenvalue weighted by Gasteiger charge is 2.34. The molecule has 0 atom stereocenters. The number of hydrogen-bond acceptors (Lipinski definition) is 1. The second kappa shape index (κ2) is 5.40. The molecule has 0 saturated heterocycles. The molecule has 2 rings (SSSR count). The van der Waals surface area contributed by atoms with Crippen LogP contribution in [0.4, 0.5) is 4.39 Å². The lowest BCUT2D eigenvalue weighted by molar-refractivity contribution is 0.0995. The second-order valence-electron chi connectivity index (χ2n) is 6.06. The summed E-state index contributed by atoms with van der Waals surface area (Å²) in [6.45, 7) is 4.35. The molecule has 0 heterocycles. The molecule has 0 unspecified atom stereocenters. The van der Waals surface area contributed by atoms with Gasteiger partial charge in [0, 0.05) is 12.5 Å². The van der Waals surface area contributed by atoms with E-state index in [4.69, 9.17) is 5.73 Å². The summed E-state index contributed by atoms with van der Waals surface area (Å²) in [4.78, 5) is 0. The molecule has 0 aliphatic heterocycles. The van der Waals surface area contributed by atoms with E-state index in [1.165, 1.54) is 5.56 Å². The molecule has 0 aromatic heterocycles. The number of alkyl halides is 1. The highest BCUT2D eigenvalue weighted by molar-refractivity contribution is 5.26. The van der Waals surface area contributed by atoms with Gasteiger partial charge >= 0.3 is 0 Å². The van der Waals surface area contributed by atoms with E-state index in [1.54, 1.807) is 0 Å². The number of rotatable bonds is 3. The van der Waals surface area contributed by atoms with E-state index in [0.717, 1.165) is 18.4 Å². The van der Waals surface area contributed by atoms with E-state index >= 15 is 0 Å². The maximum Gasteiger partial charge on any atom is 0.115 e. The zero-order valence-corrected chi connectivity index (χ0v) is 11.5. The van der Waals surface area contributed by atoms with Crippen molar-refractivity contribution in [2.45, 2.75) is 63.6 Å². The zero-order chi connectivity index (χ0) is 13.2. The minimum absolute atomic E-state index is 0.206. The van der Waals surface area contributed by atoms with Crippen LogP contribution in [-0.2, 0) is 6.42 Å². The van der Waals surface area contributed by atoms with Crippen LogP contribution in [0.3, 0.4) is 0 Å². The second-order valence-corrected chi connectivity index (χ2v) is 6.06. The van der Waals surface area contributed by atoms with E-state index in [2.05, 4.69) is 38.1 Å². The molecule has 1 saturated carbocycles. The molecule has 1 fully saturated rings. The van der Waals surface area contributed by atoms with E-state index in [0.29, 0.717) is 25.2 Å². The molecular formula is C16H24FN. The third-order valence-corrected chi connectivity index (χ3v) is 4.09. The van der Waals surface area contributed by atoms with Crippen LogP contribution in [0.5, 0.6) is 0 Å². The van der Waals surface area contributed by atoms with Gasteiger partial charge in [0.15, 0.2) is 0 Å². The normalized spacial score (nSPS) is 28.6. The van der Waals surface area contributed by atoms with Crippen molar-refractivity contribution in [2.75, 3.05) is 0 Å². The van der Waals surface area contributed by atoms with Gasteiger partial charge in [-0.3, -0.25) is 0 Å². The molecule has 0 spiro atoms. The molecule has 1 aliphatic carbocycles. The van der Waals surface area contributed by atoms with Gasteiger partial charge in [-0.15, -0.1) is 0 Å². The standard InChI is InChI=1S/C16H24FN/c1-12(2)14-5-3-13(4-6-14)11-16(17)9-7-15(18)8-10-16/h3-6,12,15H,7-11,18H2,1-2H3. The van der Waals surface area contributed by atoms with E-state index < -0.39 is 5.67 Å². The lowest BCUT2D eigenvalue weighted by Crippen LogP contribution is -2.37. The minimum Gasteiger partial charge on any atom is -0.328 e. The Morgan fingerprint density at radius 1 is 1.22 bits per heavy atom. The smallest absolute Gasteiger partial charge is 0.115 e. The highest BCUT2D eigenvalue weighted by Crippen LogP contribution is 2.34. The summed E-state index contributed by atoms with van der Waals surface area (Å²) in [7, 11) is 0. The molecular weight excluding hydrogens is 225 g/mol. The third-order valence-electron chi connectivity index (χ3n) is 4.09. The summed E-state index contributed by atoms with van der Waals surface area (Å²) >= 11 is 0. The lowest BCUT2D eigenvalue weighted by Gasteiger charge is -2.32. The Morgan fingerprint density at radius 3 is 2.28 bits per heavy atom. The Balaban J connectivity index is 2.00. The summed E-state index contributed by atoms with van der Waals surface area (Å²) in [6.07, 6.45) is 3.40. The number of hydrogen-bond donors (Lipinski definition) is 1. The summed E-state index contributed by atoms with van der Waals surface area (Å²) in [5.41, 5.74) is 7.23. The quantitative estimate of drug-likeness (QED) is 0.862. The third kappa shape index (κ3) is 3.32. The Morgan fingerprint density at radius 2 is 1.78 bits per heavy atom. The molecule has 1 aliphatic rings. The van der Waals surface area contributed by atoms with Gasteiger partial charge in [0.1, 0.15) is 5.67 Å². The minimum atomic E-state index is -1.03. The van der Waals surface area contributed by atoms with Gasteiger partial charge in [-0.25, -0.2) is 4.39 Å². The topological polar surface area (TPSA) is 26.0 Å². The van der Waals surface area contributed by atoms with Crippen molar-refractivity contribution in [3.05, 3.63) is 35.4 Å². The average molecular weight is 249 g/mol. The van der Waals surface area contributed by atoms with Gasteiger partial charge in [0.05, 0.1) is 0 Å². The Hall–Kier alpha value is -0.890. The van der Waals surface area contributed by atoms with Crippen LogP contribution in [0.2, 0.25) is 0 Å². The fourth-order valence-corrected chi connectivity index (χ4v) is 2.72. The Labute approximate surface area is 110 Å². The first-order chi connectivity index (χ1) is 8.48. The first-order valence-corrected chi connectivity index (χ1v) is 7.02. The molecule has 18 heavy (non-hydrogen) atoms. The van der Waals surface area contributed by atoms with Gasteiger partial charge in [-0.1, -0.05) is 38.1 Å². The number of nitrogens with two attached hydrogens (primary N) is 1. The van der Waals surface area contributed by atoms with Crippen molar-refractivity contribution in [3.8, 4) is 0 Å². The Kier molecular flexibility index (Phi) is 4.06. The van der Waals surface area contributed by atoms with Crippen molar-refractivity contribution in [3.63, 3.8) is 0 Å². The van der Waals surface area contributed by atoms with Crippen LogP contribution in [0.15, 0.2) is 24.3 Å². The van der Waals surface area contributed by atoms with Crippen molar-refractivity contribution in [1.29, 1.82) is 0 Å². The zero-order valence-electron chi connectivity index (χ0n) is 11.5. The number of halogens is 1. The van der Waals surface area contributed by atoms with E-state index in [-0.39, 0.29) is 6.04 Å². The molecule has 0 bridgehead atoms. The van der Waals surface area contributed by atoms with Crippen LogP contribution >= 0.6 is 0 Å². The summed E-state index contributed by atoms with van der Waals surface area (Å²) in [5, 5.41) is 0. The molecule has 2 heteroatoms. The average Bonchev–Trinajstić information content (AvgIpc) is 2.34. The van der Waals surface area contributed by atoms with E-state index in [9.17, 15) is 4.39 Å². The van der Waals surface area contributed by atoms with Gasteiger partial charge in [0.25, 0.3) is 0 Å². The maximum atomic E-state index is 14.6. The first-order valence-electron chi connectivity index (χ1n) is 7.02. The maximum absolute atomic E-state index is 14.6. The first kappa shape index (κ1) is 13.5. The molecule has 1 nitrogen and oxygen atoms in total.